The maximum Gasteiger partial charge on any atom is 0.335 e. The number of rotatable bonds is 5. The maximum absolute atomic E-state index is 14.7. The molecule has 1 saturated heterocycles. The molecule has 0 aliphatic carbocycles. The van der Waals surface area contributed by atoms with Crippen LogP contribution in [0.15, 0.2) is 47.8 Å². The number of carboxylic acid groups (broad SMARTS) is 1. The number of benzene rings is 2. The molecule has 5 rings (SSSR count). The van der Waals surface area contributed by atoms with Crippen LogP contribution in [0.3, 0.4) is 0 Å². The zero-order valence-corrected chi connectivity index (χ0v) is 21.5. The van der Waals surface area contributed by atoms with Crippen LogP contribution in [0, 0.1) is 17.5 Å². The van der Waals surface area contributed by atoms with E-state index >= 15 is 0 Å². The van der Waals surface area contributed by atoms with Gasteiger partial charge in [0.1, 0.15) is 5.60 Å². The van der Waals surface area contributed by atoms with Crippen molar-refractivity contribution in [1.29, 1.82) is 0 Å². The third-order valence-electron chi connectivity index (χ3n) is 7.23. The molecule has 1 spiro atoms. The lowest BCUT2D eigenvalue weighted by molar-refractivity contribution is -0.0626. The van der Waals surface area contributed by atoms with E-state index in [1.165, 1.54) is 6.07 Å². The summed E-state index contributed by atoms with van der Waals surface area (Å²) in [5, 5.41) is 18.0. The summed E-state index contributed by atoms with van der Waals surface area (Å²) in [5.74, 6) is -4.97. The predicted molar refractivity (Wildman–Crippen MR) is 135 cm³/mol. The summed E-state index contributed by atoms with van der Waals surface area (Å²) >= 11 is 0. The molecule has 38 heavy (non-hydrogen) atoms. The quantitative estimate of drug-likeness (QED) is 0.439. The monoisotopic (exact) mass is 526 g/mol. The van der Waals surface area contributed by atoms with Crippen molar-refractivity contribution in [3.63, 3.8) is 0 Å². The SMILES string of the molecule is CC(C)(C)n1cc(CN2CCC3(CC2)CC(c2ccc(C(=O)O)cc2)=NO3)c(-c2ccc(F)c(F)c2F)n1. The minimum absolute atomic E-state index is 0.0681. The molecule has 1 fully saturated rings. The van der Waals surface area contributed by atoms with E-state index < -0.39 is 29.0 Å². The standard InChI is InChI=1S/C28H29F3N4O3/c1-27(2,3)35-16-19(25(32-35)20-8-9-21(29)24(31)23(20)30)15-34-12-10-28(11-13-34)14-22(33-38-28)17-4-6-18(7-5-17)26(36)37/h4-9,16H,10-15H2,1-3H3,(H,36,37). The lowest BCUT2D eigenvalue weighted by Gasteiger charge is -2.37. The fourth-order valence-corrected chi connectivity index (χ4v) is 4.91. The van der Waals surface area contributed by atoms with Gasteiger partial charge in [-0.15, -0.1) is 0 Å². The molecule has 2 aliphatic rings. The van der Waals surface area contributed by atoms with Gasteiger partial charge in [0.25, 0.3) is 0 Å². The Bertz CT molecular complexity index is 1400. The summed E-state index contributed by atoms with van der Waals surface area (Å²) in [7, 11) is 0. The van der Waals surface area contributed by atoms with Crippen LogP contribution < -0.4 is 0 Å². The minimum atomic E-state index is -1.51. The average molecular weight is 527 g/mol. The number of aromatic carboxylic acids is 1. The molecule has 1 aromatic heterocycles. The third kappa shape index (κ3) is 4.92. The highest BCUT2D eigenvalue weighted by atomic mass is 19.2. The summed E-state index contributed by atoms with van der Waals surface area (Å²) in [6.45, 7) is 7.74. The molecule has 0 radical (unpaired) electrons. The number of hydrogen-bond donors (Lipinski definition) is 1. The van der Waals surface area contributed by atoms with Crippen molar-refractivity contribution in [2.24, 2.45) is 5.16 Å². The molecule has 3 heterocycles. The van der Waals surface area contributed by atoms with Crippen LogP contribution in [-0.4, -0.2) is 50.2 Å². The second-order valence-electron chi connectivity index (χ2n) is 11.0. The molecule has 7 nitrogen and oxygen atoms in total. The first kappa shape index (κ1) is 26.0. The molecular formula is C28H29F3N4O3. The van der Waals surface area contributed by atoms with Crippen LogP contribution in [0.4, 0.5) is 13.2 Å². The number of carboxylic acids is 1. The molecule has 0 amide bonds. The minimum Gasteiger partial charge on any atom is -0.478 e. The molecule has 0 atom stereocenters. The van der Waals surface area contributed by atoms with Gasteiger partial charge in [0.05, 0.1) is 22.5 Å². The van der Waals surface area contributed by atoms with E-state index in [9.17, 15) is 18.0 Å². The van der Waals surface area contributed by atoms with Crippen LogP contribution in [0.2, 0.25) is 0 Å². The Morgan fingerprint density at radius 3 is 2.37 bits per heavy atom. The van der Waals surface area contributed by atoms with Crippen molar-refractivity contribution in [1.82, 2.24) is 14.7 Å². The van der Waals surface area contributed by atoms with Crippen molar-refractivity contribution in [2.45, 2.75) is 57.7 Å². The number of carbonyl (C=O) groups is 1. The highest BCUT2D eigenvalue weighted by Gasteiger charge is 2.42. The second kappa shape index (κ2) is 9.58. The van der Waals surface area contributed by atoms with Gasteiger partial charge in [-0.25, -0.2) is 18.0 Å². The van der Waals surface area contributed by atoms with E-state index in [-0.39, 0.29) is 16.7 Å². The number of aromatic nitrogens is 2. The number of nitrogens with zero attached hydrogens (tertiary/aromatic N) is 4. The Morgan fingerprint density at radius 1 is 1.05 bits per heavy atom. The van der Waals surface area contributed by atoms with Crippen LogP contribution in [0.5, 0.6) is 0 Å². The molecule has 2 aromatic carbocycles. The zero-order valence-electron chi connectivity index (χ0n) is 21.5. The molecule has 2 aliphatic heterocycles. The zero-order chi connectivity index (χ0) is 27.2. The van der Waals surface area contributed by atoms with Crippen molar-refractivity contribution in [3.05, 3.63) is 76.7 Å². The first-order chi connectivity index (χ1) is 18.0. The predicted octanol–water partition coefficient (Wildman–Crippen LogP) is 5.58. The Morgan fingerprint density at radius 2 is 1.74 bits per heavy atom. The number of piperidine rings is 1. The van der Waals surface area contributed by atoms with Crippen molar-refractivity contribution in [2.75, 3.05) is 13.1 Å². The van der Waals surface area contributed by atoms with E-state index in [0.29, 0.717) is 31.7 Å². The third-order valence-corrected chi connectivity index (χ3v) is 7.23. The molecule has 10 heteroatoms. The van der Waals surface area contributed by atoms with Crippen LogP contribution in [0.1, 0.15) is 61.5 Å². The Labute approximate surface area is 218 Å². The summed E-state index contributed by atoms with van der Waals surface area (Å²) in [4.78, 5) is 19.2. The van der Waals surface area contributed by atoms with Gasteiger partial charge in [0, 0.05) is 56.2 Å². The van der Waals surface area contributed by atoms with Crippen LogP contribution >= 0.6 is 0 Å². The van der Waals surface area contributed by atoms with E-state index in [1.54, 1.807) is 28.9 Å². The molecular weight excluding hydrogens is 497 g/mol. The lowest BCUT2D eigenvalue weighted by atomic mass is 9.85. The van der Waals surface area contributed by atoms with Gasteiger partial charge in [-0.1, -0.05) is 17.3 Å². The van der Waals surface area contributed by atoms with Crippen molar-refractivity contribution < 1.29 is 27.9 Å². The molecule has 3 aromatic rings. The normalized spacial score (nSPS) is 17.5. The fourth-order valence-electron chi connectivity index (χ4n) is 4.91. The summed E-state index contributed by atoms with van der Waals surface area (Å²) in [5.41, 5.74) is 1.98. The first-order valence-corrected chi connectivity index (χ1v) is 12.5. The van der Waals surface area contributed by atoms with Gasteiger partial charge in [0.2, 0.25) is 0 Å². The van der Waals surface area contributed by atoms with Crippen molar-refractivity contribution >= 4 is 11.7 Å². The molecule has 200 valence electrons. The first-order valence-electron chi connectivity index (χ1n) is 12.5. The van der Waals surface area contributed by atoms with Crippen molar-refractivity contribution in [3.8, 4) is 11.3 Å². The number of hydrogen-bond acceptors (Lipinski definition) is 5. The maximum atomic E-state index is 14.7. The van der Waals surface area contributed by atoms with Gasteiger partial charge in [0.15, 0.2) is 17.5 Å². The lowest BCUT2D eigenvalue weighted by Crippen LogP contribution is -2.44. The number of oxime groups is 1. The van der Waals surface area contributed by atoms with E-state index in [0.717, 1.165) is 35.7 Å². The Balaban J connectivity index is 1.30. The van der Waals surface area contributed by atoms with Crippen LogP contribution in [-0.2, 0) is 16.9 Å². The fraction of sp³-hybridized carbons (Fsp3) is 0.393. The molecule has 1 N–H and O–H groups in total. The van der Waals surface area contributed by atoms with Gasteiger partial charge in [-0.2, -0.15) is 5.10 Å². The largest absolute Gasteiger partial charge is 0.478 e. The van der Waals surface area contributed by atoms with Gasteiger partial charge in [-0.3, -0.25) is 9.58 Å². The molecule has 0 bridgehead atoms. The van der Waals surface area contributed by atoms with Crippen LogP contribution in [0.25, 0.3) is 11.3 Å². The Kier molecular flexibility index (Phi) is 6.54. The van der Waals surface area contributed by atoms with E-state index in [4.69, 9.17) is 9.94 Å². The molecule has 0 saturated carbocycles. The van der Waals surface area contributed by atoms with Gasteiger partial charge >= 0.3 is 5.97 Å². The summed E-state index contributed by atoms with van der Waals surface area (Å²) in [6, 6.07) is 8.74. The Hall–Kier alpha value is -3.66. The summed E-state index contributed by atoms with van der Waals surface area (Å²) < 4.78 is 44.1. The highest BCUT2D eigenvalue weighted by Crippen LogP contribution is 2.37. The average Bonchev–Trinajstić information content (AvgIpc) is 3.49. The topological polar surface area (TPSA) is 80.0 Å². The molecule has 0 unspecified atom stereocenters. The number of halogens is 3. The van der Waals surface area contributed by atoms with Gasteiger partial charge < -0.3 is 9.94 Å². The van der Waals surface area contributed by atoms with Gasteiger partial charge in [-0.05, 0) is 50.6 Å². The summed E-state index contributed by atoms with van der Waals surface area (Å²) in [6.07, 6.45) is 3.90. The smallest absolute Gasteiger partial charge is 0.335 e. The van der Waals surface area contributed by atoms with E-state index in [2.05, 4.69) is 15.2 Å². The van der Waals surface area contributed by atoms with E-state index in [1.807, 2.05) is 27.0 Å². The highest BCUT2D eigenvalue weighted by molar-refractivity contribution is 6.02. The second-order valence-corrected chi connectivity index (χ2v) is 11.0. The number of likely N-dealkylation sites (tertiary alicyclic amines) is 1.